The molecule has 0 atom stereocenters. The fourth-order valence-electron chi connectivity index (χ4n) is 1.23. The van der Waals surface area contributed by atoms with Gasteiger partial charge < -0.3 is 10.2 Å². The number of nitrogens with zero attached hydrogens (tertiary/aromatic N) is 1. The molecule has 0 heterocycles. The van der Waals surface area contributed by atoms with Crippen LogP contribution in [0.15, 0.2) is 18.2 Å². The molecular weight excluding hydrogens is 255 g/mol. The number of nitro benzene ring substituents is 1. The normalized spacial score (nSPS) is 11.3. The van der Waals surface area contributed by atoms with Crippen LogP contribution in [0.2, 0.25) is 0 Å². The molecule has 0 fully saturated rings. The topological polar surface area (TPSA) is 90.4 Å². The van der Waals surface area contributed by atoms with Crippen molar-refractivity contribution in [3.63, 3.8) is 0 Å². The minimum Gasteiger partial charge on any atom is -0.367 e. The minimum atomic E-state index is -4.41. The van der Waals surface area contributed by atoms with Gasteiger partial charge in [0.25, 0.3) is 5.69 Å². The van der Waals surface area contributed by atoms with Gasteiger partial charge in [-0.3, -0.25) is 16.0 Å². The second-order valence-electron chi connectivity index (χ2n) is 3.36. The number of ether oxygens (including phenoxy) is 1. The molecule has 0 aliphatic heterocycles. The molecular formula is C9H10F3N3O3. The van der Waals surface area contributed by atoms with E-state index in [1.807, 2.05) is 0 Å². The predicted octanol–water partition coefficient (Wildman–Crippen LogP) is 1.96. The number of nitrogens with one attached hydrogen (secondary N) is 1. The highest BCUT2D eigenvalue weighted by molar-refractivity contribution is 5.61. The van der Waals surface area contributed by atoms with E-state index in [9.17, 15) is 23.3 Å². The Hall–Kier alpha value is -1.87. The fraction of sp³-hybridized carbons (Fsp3) is 0.333. The summed E-state index contributed by atoms with van der Waals surface area (Å²) in [4.78, 5) is 9.91. The molecule has 0 unspecified atom stereocenters. The average Bonchev–Trinajstić information content (AvgIpc) is 2.26. The summed E-state index contributed by atoms with van der Waals surface area (Å²) < 4.78 is 39.9. The van der Waals surface area contributed by atoms with Crippen molar-refractivity contribution in [2.75, 3.05) is 12.0 Å². The highest BCUT2D eigenvalue weighted by Crippen LogP contribution is 2.25. The molecule has 3 N–H and O–H groups in total. The number of nitrogen functional groups attached to an aromatic ring is 1. The number of hydrogen-bond acceptors (Lipinski definition) is 5. The molecule has 6 nitrogen and oxygen atoms in total. The lowest BCUT2D eigenvalue weighted by Gasteiger charge is -2.09. The van der Waals surface area contributed by atoms with Gasteiger partial charge in [0.05, 0.1) is 11.5 Å². The first kappa shape index (κ1) is 14.2. The van der Waals surface area contributed by atoms with Crippen molar-refractivity contribution in [1.82, 2.24) is 0 Å². The monoisotopic (exact) mass is 265 g/mol. The van der Waals surface area contributed by atoms with Crippen LogP contribution in [0, 0.1) is 10.1 Å². The van der Waals surface area contributed by atoms with Gasteiger partial charge in [-0.05, 0) is 17.7 Å². The molecule has 0 aliphatic carbocycles. The van der Waals surface area contributed by atoms with E-state index in [0.29, 0.717) is 5.56 Å². The molecule has 0 saturated heterocycles. The molecule has 1 aromatic carbocycles. The predicted molar refractivity (Wildman–Crippen MR) is 56.6 cm³/mol. The van der Waals surface area contributed by atoms with Crippen molar-refractivity contribution in [3.05, 3.63) is 33.9 Å². The summed E-state index contributed by atoms with van der Waals surface area (Å²) in [5.74, 6) is 5.08. The molecule has 1 aromatic rings. The SMILES string of the molecule is NNc1cc(COCC(F)(F)F)ccc1[N+](=O)[O-]. The third-order valence-corrected chi connectivity index (χ3v) is 1.95. The summed E-state index contributed by atoms with van der Waals surface area (Å²) in [6, 6.07) is 3.70. The van der Waals surface area contributed by atoms with Crippen molar-refractivity contribution in [2.24, 2.45) is 5.84 Å². The van der Waals surface area contributed by atoms with Gasteiger partial charge in [-0.25, -0.2) is 0 Å². The smallest absolute Gasteiger partial charge is 0.367 e. The van der Waals surface area contributed by atoms with Crippen LogP contribution < -0.4 is 11.3 Å². The Bertz CT molecular complexity index is 437. The van der Waals surface area contributed by atoms with Crippen molar-refractivity contribution in [2.45, 2.75) is 12.8 Å². The largest absolute Gasteiger partial charge is 0.411 e. The van der Waals surface area contributed by atoms with E-state index in [-0.39, 0.29) is 18.0 Å². The van der Waals surface area contributed by atoms with Crippen molar-refractivity contribution in [3.8, 4) is 0 Å². The average molecular weight is 265 g/mol. The summed E-state index contributed by atoms with van der Waals surface area (Å²) in [6.45, 7) is -1.69. The molecule has 0 aromatic heterocycles. The quantitative estimate of drug-likeness (QED) is 0.482. The number of rotatable bonds is 5. The van der Waals surface area contributed by atoms with E-state index in [2.05, 4.69) is 10.2 Å². The number of halogens is 3. The molecule has 0 saturated carbocycles. The van der Waals surface area contributed by atoms with Gasteiger partial charge >= 0.3 is 6.18 Å². The number of hydrogen-bond donors (Lipinski definition) is 2. The van der Waals surface area contributed by atoms with Crippen LogP contribution in [0.3, 0.4) is 0 Å². The van der Waals surface area contributed by atoms with E-state index in [1.54, 1.807) is 0 Å². The summed E-state index contributed by atoms with van der Waals surface area (Å²) in [6.07, 6.45) is -4.41. The highest BCUT2D eigenvalue weighted by Gasteiger charge is 2.27. The number of anilines is 1. The first-order valence-corrected chi connectivity index (χ1v) is 4.72. The molecule has 0 spiro atoms. The van der Waals surface area contributed by atoms with Gasteiger partial charge in [0.2, 0.25) is 0 Å². The zero-order chi connectivity index (χ0) is 13.8. The Balaban J connectivity index is 2.71. The lowest BCUT2D eigenvalue weighted by Crippen LogP contribution is -2.16. The van der Waals surface area contributed by atoms with E-state index >= 15 is 0 Å². The van der Waals surface area contributed by atoms with E-state index in [1.165, 1.54) is 12.1 Å². The minimum absolute atomic E-state index is 0.00751. The lowest BCUT2D eigenvalue weighted by molar-refractivity contribution is -0.384. The Morgan fingerprint density at radius 3 is 2.61 bits per heavy atom. The van der Waals surface area contributed by atoms with Crippen LogP contribution in [0.1, 0.15) is 5.56 Å². The molecule has 9 heteroatoms. The summed E-state index contributed by atoms with van der Waals surface area (Å²) in [5, 5.41) is 10.6. The van der Waals surface area contributed by atoms with Crippen LogP contribution in [0.4, 0.5) is 24.5 Å². The third kappa shape index (κ3) is 4.18. The molecule has 0 radical (unpaired) electrons. The number of benzene rings is 1. The van der Waals surface area contributed by atoms with Gasteiger partial charge in [0, 0.05) is 6.07 Å². The Kier molecular flexibility index (Phi) is 4.45. The van der Waals surface area contributed by atoms with Crippen LogP contribution in [-0.4, -0.2) is 17.7 Å². The van der Waals surface area contributed by atoms with Crippen LogP contribution >= 0.6 is 0 Å². The zero-order valence-corrected chi connectivity index (χ0v) is 9.03. The Labute approximate surface area is 99.6 Å². The summed E-state index contributed by atoms with van der Waals surface area (Å²) >= 11 is 0. The van der Waals surface area contributed by atoms with Crippen molar-refractivity contribution < 1.29 is 22.8 Å². The zero-order valence-electron chi connectivity index (χ0n) is 9.03. The van der Waals surface area contributed by atoms with E-state index < -0.39 is 17.7 Å². The number of nitro groups is 1. The van der Waals surface area contributed by atoms with Crippen LogP contribution in [0.25, 0.3) is 0 Å². The summed E-state index contributed by atoms with van der Waals surface area (Å²) in [5.41, 5.74) is 2.19. The van der Waals surface area contributed by atoms with Gasteiger partial charge in [0.1, 0.15) is 12.3 Å². The second-order valence-corrected chi connectivity index (χ2v) is 3.36. The number of nitrogens with two attached hydrogens (primary N) is 1. The van der Waals surface area contributed by atoms with E-state index in [0.717, 1.165) is 6.07 Å². The van der Waals surface area contributed by atoms with Gasteiger partial charge in [0.15, 0.2) is 0 Å². The lowest BCUT2D eigenvalue weighted by atomic mass is 10.2. The molecule has 0 aliphatic rings. The molecule has 1 rings (SSSR count). The van der Waals surface area contributed by atoms with E-state index in [4.69, 9.17) is 5.84 Å². The van der Waals surface area contributed by atoms with Gasteiger partial charge in [-0.2, -0.15) is 13.2 Å². The fourth-order valence-corrected chi connectivity index (χ4v) is 1.23. The third-order valence-electron chi connectivity index (χ3n) is 1.95. The maximum atomic E-state index is 11.8. The first-order chi connectivity index (χ1) is 8.33. The van der Waals surface area contributed by atoms with Crippen LogP contribution in [-0.2, 0) is 11.3 Å². The first-order valence-electron chi connectivity index (χ1n) is 4.72. The van der Waals surface area contributed by atoms with Gasteiger partial charge in [-0.1, -0.05) is 0 Å². The maximum absolute atomic E-state index is 11.8. The highest BCUT2D eigenvalue weighted by atomic mass is 19.4. The van der Waals surface area contributed by atoms with Gasteiger partial charge in [-0.15, -0.1) is 0 Å². The standard InChI is InChI=1S/C9H10F3N3O3/c10-9(11,12)5-18-4-6-1-2-8(15(16)17)7(3-6)14-13/h1-3,14H,4-5,13H2. The molecule has 0 amide bonds. The second kappa shape index (κ2) is 5.65. The molecule has 100 valence electrons. The number of hydrazine groups is 1. The molecule has 18 heavy (non-hydrogen) atoms. The van der Waals surface area contributed by atoms with Crippen molar-refractivity contribution >= 4 is 11.4 Å². The maximum Gasteiger partial charge on any atom is 0.411 e. The van der Waals surface area contributed by atoms with Crippen molar-refractivity contribution in [1.29, 1.82) is 0 Å². The molecule has 0 bridgehead atoms. The Morgan fingerprint density at radius 2 is 2.11 bits per heavy atom. The van der Waals surface area contributed by atoms with Crippen LogP contribution in [0.5, 0.6) is 0 Å². The Morgan fingerprint density at radius 1 is 1.44 bits per heavy atom. The summed E-state index contributed by atoms with van der Waals surface area (Å²) in [7, 11) is 0. The number of alkyl halides is 3.